The molecule has 260 valence electrons. The summed E-state index contributed by atoms with van der Waals surface area (Å²) in [5.41, 5.74) is 5.02. The first-order chi connectivity index (χ1) is 21.8. The van der Waals surface area contributed by atoms with E-state index in [0.717, 1.165) is 83.4 Å². The van der Waals surface area contributed by atoms with Gasteiger partial charge in [-0.2, -0.15) is 9.97 Å². The predicted octanol–water partition coefficient (Wildman–Crippen LogP) is 5.64. The fourth-order valence-corrected chi connectivity index (χ4v) is 6.71. The molecule has 12 heteroatoms. The van der Waals surface area contributed by atoms with Gasteiger partial charge in [-0.3, -0.25) is 0 Å². The van der Waals surface area contributed by atoms with Crippen LogP contribution in [0.4, 0.5) is 27.2 Å². The molecule has 1 aromatic rings. The Balaban J connectivity index is 1.33. The molecule has 12 nitrogen and oxygen atoms in total. The van der Waals surface area contributed by atoms with E-state index >= 15 is 0 Å². The van der Waals surface area contributed by atoms with Crippen LogP contribution in [0.5, 0.6) is 0 Å². The summed E-state index contributed by atoms with van der Waals surface area (Å²) in [7, 11) is 0. The second-order valence-corrected chi connectivity index (χ2v) is 15.3. The molecule has 0 aromatic carbocycles. The number of nitrogens with one attached hydrogen (secondary N) is 2. The van der Waals surface area contributed by atoms with E-state index in [1.165, 1.54) is 6.42 Å². The van der Waals surface area contributed by atoms with Crippen LogP contribution in [-0.4, -0.2) is 101 Å². The molecular formula is C34H60N8O4. The number of carbonyl (C=O) groups excluding carboxylic acids is 2. The molecule has 0 atom stereocenters. The standard InChI is InChI=1S/C34H60N8O4/c1-33(2,3)45-31(43)41(19-10-20-42(27-11-8-7-9-12-27)32(44)46-34(4,5)6)24-25-13-15-26(16-14-25)37-30-38-28(35)23-29(39-30)40-21-17-36-18-22-40/h23,25-27,36H,7-22,24H2,1-6H3,(H3,35,37,38,39)/t25-,26+. The van der Waals surface area contributed by atoms with E-state index in [9.17, 15) is 9.59 Å². The molecule has 4 N–H and O–H groups in total. The molecule has 0 bridgehead atoms. The molecule has 3 aliphatic rings. The van der Waals surface area contributed by atoms with Crippen molar-refractivity contribution in [3.63, 3.8) is 0 Å². The third-order valence-corrected chi connectivity index (χ3v) is 8.95. The summed E-state index contributed by atoms with van der Waals surface area (Å²) >= 11 is 0. The number of carbonyl (C=O) groups is 2. The van der Waals surface area contributed by atoms with E-state index in [1.807, 2.05) is 57.4 Å². The molecule has 0 radical (unpaired) electrons. The van der Waals surface area contributed by atoms with E-state index < -0.39 is 11.2 Å². The largest absolute Gasteiger partial charge is 0.444 e. The summed E-state index contributed by atoms with van der Waals surface area (Å²) in [5, 5.41) is 6.91. The minimum absolute atomic E-state index is 0.193. The highest BCUT2D eigenvalue weighted by Gasteiger charge is 2.31. The summed E-state index contributed by atoms with van der Waals surface area (Å²) in [6.07, 6.45) is 9.51. The number of nitrogen functional groups attached to an aromatic ring is 1. The number of hydrogen-bond donors (Lipinski definition) is 3. The lowest BCUT2D eigenvalue weighted by Gasteiger charge is -2.37. The fourth-order valence-electron chi connectivity index (χ4n) is 6.71. The van der Waals surface area contributed by atoms with Crippen molar-refractivity contribution in [3.05, 3.63) is 6.07 Å². The van der Waals surface area contributed by atoms with Crippen molar-refractivity contribution in [1.29, 1.82) is 0 Å². The second kappa shape index (κ2) is 16.2. The number of hydrogen-bond acceptors (Lipinski definition) is 10. The maximum Gasteiger partial charge on any atom is 0.410 e. The molecule has 2 saturated carbocycles. The van der Waals surface area contributed by atoms with E-state index in [2.05, 4.69) is 20.5 Å². The maximum atomic E-state index is 13.4. The average molecular weight is 645 g/mol. The van der Waals surface area contributed by atoms with Crippen molar-refractivity contribution in [1.82, 2.24) is 25.1 Å². The molecule has 2 amide bonds. The van der Waals surface area contributed by atoms with Crippen LogP contribution in [0.25, 0.3) is 0 Å². The number of nitrogens with zero attached hydrogens (tertiary/aromatic N) is 5. The highest BCUT2D eigenvalue weighted by atomic mass is 16.6. The molecule has 1 saturated heterocycles. The zero-order valence-electron chi connectivity index (χ0n) is 29.3. The van der Waals surface area contributed by atoms with Gasteiger partial charge in [0.2, 0.25) is 5.95 Å². The van der Waals surface area contributed by atoms with E-state index in [-0.39, 0.29) is 24.3 Å². The lowest BCUT2D eigenvalue weighted by molar-refractivity contribution is 0.00914. The Bertz CT molecular complexity index is 1120. The van der Waals surface area contributed by atoms with E-state index in [0.29, 0.717) is 43.7 Å². The topological polar surface area (TPSA) is 138 Å². The third-order valence-electron chi connectivity index (χ3n) is 8.95. The fraction of sp³-hybridized carbons (Fsp3) is 0.824. The lowest BCUT2D eigenvalue weighted by Crippen LogP contribution is -2.46. The van der Waals surface area contributed by atoms with Gasteiger partial charge in [0.1, 0.15) is 22.8 Å². The number of rotatable bonds is 10. The minimum atomic E-state index is -0.581. The first kappa shape index (κ1) is 35.8. The average Bonchev–Trinajstić information content (AvgIpc) is 2.98. The number of ether oxygens (including phenoxy) is 2. The van der Waals surface area contributed by atoms with Gasteiger partial charge in [-0.05, 0) is 92.4 Å². The van der Waals surface area contributed by atoms with Crippen LogP contribution >= 0.6 is 0 Å². The smallest absolute Gasteiger partial charge is 0.410 e. The number of anilines is 3. The number of aromatic nitrogens is 2. The molecule has 3 fully saturated rings. The molecule has 0 unspecified atom stereocenters. The second-order valence-electron chi connectivity index (χ2n) is 15.3. The zero-order valence-corrected chi connectivity index (χ0v) is 29.3. The van der Waals surface area contributed by atoms with Crippen LogP contribution < -0.4 is 21.3 Å². The lowest BCUT2D eigenvalue weighted by atomic mass is 9.85. The van der Waals surface area contributed by atoms with Crippen LogP contribution in [0.1, 0.15) is 106 Å². The van der Waals surface area contributed by atoms with Crippen molar-refractivity contribution < 1.29 is 19.1 Å². The van der Waals surface area contributed by atoms with E-state index in [1.54, 1.807) is 0 Å². The Morgan fingerprint density at radius 2 is 1.54 bits per heavy atom. The Hall–Kier alpha value is -3.02. The quantitative estimate of drug-likeness (QED) is 0.294. The Morgan fingerprint density at radius 3 is 2.17 bits per heavy atom. The van der Waals surface area contributed by atoms with Crippen molar-refractivity contribution in [2.24, 2.45) is 5.92 Å². The van der Waals surface area contributed by atoms with Gasteiger partial charge in [0.25, 0.3) is 0 Å². The Kier molecular flexibility index (Phi) is 12.6. The predicted molar refractivity (Wildman–Crippen MR) is 183 cm³/mol. The molecule has 2 aliphatic carbocycles. The van der Waals surface area contributed by atoms with Gasteiger partial charge in [0.05, 0.1) is 0 Å². The van der Waals surface area contributed by atoms with Crippen LogP contribution in [-0.2, 0) is 9.47 Å². The van der Waals surface area contributed by atoms with Crippen LogP contribution in [0.2, 0.25) is 0 Å². The molecule has 46 heavy (non-hydrogen) atoms. The first-order valence-electron chi connectivity index (χ1n) is 17.6. The summed E-state index contributed by atoms with van der Waals surface area (Å²) in [6, 6.07) is 2.29. The number of piperazine rings is 1. The summed E-state index contributed by atoms with van der Waals surface area (Å²) in [5.74, 6) is 2.29. The first-order valence-corrected chi connectivity index (χ1v) is 17.6. The highest BCUT2D eigenvalue weighted by molar-refractivity contribution is 5.69. The van der Waals surface area contributed by atoms with Gasteiger partial charge < -0.3 is 40.5 Å². The van der Waals surface area contributed by atoms with Crippen molar-refractivity contribution in [2.45, 2.75) is 129 Å². The van der Waals surface area contributed by atoms with Gasteiger partial charge in [-0.25, -0.2) is 9.59 Å². The molecular weight excluding hydrogens is 584 g/mol. The maximum absolute atomic E-state index is 13.4. The van der Waals surface area contributed by atoms with Gasteiger partial charge in [-0.1, -0.05) is 19.3 Å². The van der Waals surface area contributed by atoms with Crippen LogP contribution in [0.3, 0.4) is 0 Å². The third kappa shape index (κ3) is 11.7. The van der Waals surface area contributed by atoms with Gasteiger partial charge in [0.15, 0.2) is 0 Å². The molecule has 1 aliphatic heterocycles. The molecule has 1 aromatic heterocycles. The summed E-state index contributed by atoms with van der Waals surface area (Å²) in [4.78, 5) is 41.9. The van der Waals surface area contributed by atoms with Gasteiger partial charge in [0, 0.05) is 64.0 Å². The number of nitrogens with two attached hydrogens (primary N) is 1. The molecule has 4 rings (SSSR count). The summed E-state index contributed by atoms with van der Waals surface area (Å²) in [6.45, 7) is 16.8. The summed E-state index contributed by atoms with van der Waals surface area (Å²) < 4.78 is 11.6. The number of amides is 2. The van der Waals surface area contributed by atoms with Crippen molar-refractivity contribution in [2.75, 3.05) is 61.8 Å². The highest BCUT2D eigenvalue weighted by Crippen LogP contribution is 2.29. The monoisotopic (exact) mass is 644 g/mol. The van der Waals surface area contributed by atoms with Crippen molar-refractivity contribution in [3.8, 4) is 0 Å². The Labute approximate surface area is 276 Å². The SMILES string of the molecule is CC(C)(C)OC(=O)N(CCCN(C(=O)OC(C)(C)C)C1CCCCC1)C[C@H]1CC[C@@H](Nc2nc(N)cc(N3CCNCC3)n2)CC1. The van der Waals surface area contributed by atoms with Crippen LogP contribution in [0, 0.1) is 5.92 Å². The normalized spacial score (nSPS) is 21.4. The molecule has 0 spiro atoms. The zero-order chi connectivity index (χ0) is 33.3. The van der Waals surface area contributed by atoms with Crippen molar-refractivity contribution >= 4 is 29.8 Å². The van der Waals surface area contributed by atoms with Gasteiger partial charge in [-0.15, -0.1) is 0 Å². The van der Waals surface area contributed by atoms with Crippen LogP contribution in [0.15, 0.2) is 6.07 Å². The minimum Gasteiger partial charge on any atom is -0.444 e. The Morgan fingerprint density at radius 1 is 0.913 bits per heavy atom. The van der Waals surface area contributed by atoms with Gasteiger partial charge >= 0.3 is 12.2 Å². The molecule has 2 heterocycles. The van der Waals surface area contributed by atoms with E-state index in [4.69, 9.17) is 20.2 Å².